The number of nitrogens with two attached hydrogens (primary N) is 2. The zero-order valence-electron chi connectivity index (χ0n) is 55.1. The second-order valence-corrected chi connectivity index (χ2v) is 26.5. The van der Waals surface area contributed by atoms with Crippen LogP contribution < -0.4 is 11.5 Å². The maximum Gasteiger partial charge on any atom is 0.0854 e. The average molecular weight is 1140 g/mol. The molecule has 3 heterocycles. The molecule has 0 aliphatic carbocycles. The molecular formula is C68H118N10O4. The number of hydrogen-bond donors (Lipinski definition) is 2. The van der Waals surface area contributed by atoms with Crippen molar-refractivity contribution in [2.24, 2.45) is 23.7 Å². The third-order valence-electron chi connectivity index (χ3n) is 17.1. The second-order valence-electron chi connectivity index (χ2n) is 26.5. The first-order chi connectivity index (χ1) is 39.0. The van der Waals surface area contributed by atoms with Crippen LogP contribution in [0.25, 0.3) is 0 Å². The van der Waals surface area contributed by atoms with Crippen LogP contribution in [0.3, 0.4) is 0 Å². The van der Waals surface area contributed by atoms with Crippen LogP contribution in [0, 0.1) is 23.7 Å². The third kappa shape index (κ3) is 21.9. The highest BCUT2D eigenvalue weighted by Gasteiger charge is 2.29. The minimum atomic E-state index is -0.0236. The fourth-order valence-electron chi connectivity index (χ4n) is 12.3. The number of likely N-dealkylation sites (N-methyl/N-ethyl adjacent to an activating group) is 4. The van der Waals surface area contributed by atoms with Gasteiger partial charge in [-0.2, -0.15) is 10.2 Å². The molecule has 1 fully saturated rings. The Hall–Kier alpha value is -3.86. The minimum absolute atomic E-state index is 0.0236. The summed E-state index contributed by atoms with van der Waals surface area (Å²) in [4.78, 5) is 10.1. The molecule has 14 nitrogen and oxygen atoms in total. The summed E-state index contributed by atoms with van der Waals surface area (Å²) in [5, 5.41) is 9.78. The summed E-state index contributed by atoms with van der Waals surface area (Å²) in [6.07, 6.45) is 9.17. The average Bonchev–Trinajstić information content (AvgIpc) is 4.03. The van der Waals surface area contributed by atoms with E-state index in [0.29, 0.717) is 63.2 Å². The van der Waals surface area contributed by atoms with Gasteiger partial charge >= 0.3 is 0 Å². The van der Waals surface area contributed by atoms with Crippen LogP contribution in [-0.4, -0.2) is 169 Å². The summed E-state index contributed by atoms with van der Waals surface area (Å²) in [5.74, 6) is 2.04. The number of nitrogens with zero attached hydrogens (tertiary/aromatic N) is 8. The van der Waals surface area contributed by atoms with Crippen molar-refractivity contribution < 1.29 is 18.9 Å². The Morgan fingerprint density at radius 1 is 0.427 bits per heavy atom. The third-order valence-corrected chi connectivity index (χ3v) is 17.1. The summed E-state index contributed by atoms with van der Waals surface area (Å²) >= 11 is 0. The molecule has 0 radical (unpaired) electrons. The van der Waals surface area contributed by atoms with Gasteiger partial charge in [-0.1, -0.05) is 132 Å². The standard InChI is InChI=1S/C68H118N10O4/c1-19-63-67(69)65(21-3)77(71-63)39-55-27-23-53(24-28-55)35-61-41-75(17)57(31-47(5)6)43-79-52(14)38-74(16)60(34-50(11)12)46-82-62(36-54-25-29-56(30-26-54)40-78-66(22-4)68(70)64(20-2)72-78)42-76(18)58(32-48(7)8)44-80-51(13)37-73(15)59(45-81-61)33-49(9)10/h23-30,47-52,57-62H,19-22,31-46,69-70H2,1-18H3/t51-,52-,57+,58+,59+,60+,61-,62-/m1/s1. The van der Waals surface area contributed by atoms with Gasteiger partial charge < -0.3 is 30.4 Å². The van der Waals surface area contributed by atoms with Crippen molar-refractivity contribution in [2.45, 2.75) is 223 Å². The highest BCUT2D eigenvalue weighted by atomic mass is 16.5. The van der Waals surface area contributed by atoms with E-state index >= 15 is 0 Å². The van der Waals surface area contributed by atoms with E-state index in [1.165, 1.54) is 22.3 Å². The molecule has 0 bridgehead atoms. The molecule has 14 heteroatoms. The number of benzene rings is 2. The van der Waals surface area contributed by atoms with Crippen molar-refractivity contribution in [3.63, 3.8) is 0 Å². The largest absolute Gasteiger partial charge is 0.396 e. The van der Waals surface area contributed by atoms with Gasteiger partial charge in [-0.3, -0.25) is 29.0 Å². The molecule has 0 amide bonds. The van der Waals surface area contributed by atoms with Crippen molar-refractivity contribution in [3.05, 3.63) is 93.6 Å². The molecule has 2 aromatic carbocycles. The number of aryl methyl sites for hydroxylation is 2. The summed E-state index contributed by atoms with van der Waals surface area (Å²) in [6, 6.07) is 19.1. The summed E-state index contributed by atoms with van der Waals surface area (Å²) in [7, 11) is 9.11. The first-order valence-electron chi connectivity index (χ1n) is 32.1. The zero-order chi connectivity index (χ0) is 60.2. The Morgan fingerprint density at radius 3 is 0.988 bits per heavy atom. The molecule has 5 rings (SSSR count). The predicted molar refractivity (Wildman–Crippen MR) is 343 cm³/mol. The van der Waals surface area contributed by atoms with E-state index < -0.39 is 0 Å². The Bertz CT molecular complexity index is 2220. The van der Waals surface area contributed by atoms with E-state index in [9.17, 15) is 0 Å². The van der Waals surface area contributed by atoms with E-state index in [4.69, 9.17) is 40.6 Å². The minimum Gasteiger partial charge on any atom is -0.396 e. The fourth-order valence-corrected chi connectivity index (χ4v) is 12.3. The van der Waals surface area contributed by atoms with Gasteiger partial charge in [0.15, 0.2) is 0 Å². The van der Waals surface area contributed by atoms with E-state index in [-0.39, 0.29) is 48.6 Å². The van der Waals surface area contributed by atoms with Crippen LogP contribution in [0.2, 0.25) is 0 Å². The lowest BCUT2D eigenvalue weighted by atomic mass is 10.0. The van der Waals surface area contributed by atoms with Crippen LogP contribution in [0.4, 0.5) is 11.4 Å². The van der Waals surface area contributed by atoms with Crippen LogP contribution in [-0.2, 0) is 70.6 Å². The van der Waals surface area contributed by atoms with Crippen molar-refractivity contribution >= 4 is 11.4 Å². The normalized spacial score (nSPS) is 24.1. The topological polar surface area (TPSA) is 138 Å². The maximum absolute atomic E-state index is 7.24. The monoisotopic (exact) mass is 1140 g/mol. The summed E-state index contributed by atoms with van der Waals surface area (Å²) in [5.41, 5.74) is 23.9. The molecule has 0 spiro atoms. The highest BCUT2D eigenvalue weighted by molar-refractivity contribution is 5.49. The zero-order valence-corrected chi connectivity index (χ0v) is 55.1. The molecule has 0 saturated carbocycles. The van der Waals surface area contributed by atoms with E-state index in [2.05, 4.69) is 203 Å². The van der Waals surface area contributed by atoms with Crippen LogP contribution in [0.5, 0.6) is 0 Å². The summed E-state index contributed by atoms with van der Waals surface area (Å²) < 4.78 is 32.5. The van der Waals surface area contributed by atoms with Gasteiger partial charge in [0, 0.05) is 50.3 Å². The van der Waals surface area contributed by atoms with Gasteiger partial charge in [-0.25, -0.2) is 0 Å². The molecule has 1 aliphatic rings. The Labute approximate surface area is 499 Å². The lowest BCUT2D eigenvalue weighted by Crippen LogP contribution is -2.47. The molecule has 1 aliphatic heterocycles. The lowest BCUT2D eigenvalue weighted by Gasteiger charge is -2.37. The molecule has 4 N–H and O–H groups in total. The second kappa shape index (κ2) is 34.3. The first-order valence-corrected chi connectivity index (χ1v) is 32.1. The van der Waals surface area contributed by atoms with Gasteiger partial charge in [0.1, 0.15) is 0 Å². The first kappa shape index (κ1) is 68.9. The lowest BCUT2D eigenvalue weighted by molar-refractivity contribution is -0.0536. The number of aromatic nitrogens is 4. The number of nitrogen functional groups attached to an aromatic ring is 2. The van der Waals surface area contributed by atoms with Crippen molar-refractivity contribution in [3.8, 4) is 0 Å². The van der Waals surface area contributed by atoms with Crippen LogP contribution in [0.1, 0.15) is 168 Å². The van der Waals surface area contributed by atoms with Gasteiger partial charge in [0.05, 0.1) is 98.1 Å². The molecule has 464 valence electrons. The molecule has 1 saturated heterocycles. The van der Waals surface area contributed by atoms with E-state index in [0.717, 1.165) is 125 Å². The summed E-state index contributed by atoms with van der Waals surface area (Å²) in [6.45, 7) is 39.0. The van der Waals surface area contributed by atoms with Crippen molar-refractivity contribution in [1.82, 2.24) is 39.2 Å². The Balaban J connectivity index is 1.42. The number of rotatable bonds is 20. The molecule has 8 atom stereocenters. The Morgan fingerprint density at radius 2 is 0.707 bits per heavy atom. The highest BCUT2D eigenvalue weighted by Crippen LogP contribution is 2.25. The Kier molecular flexibility index (Phi) is 28.8. The SMILES string of the molecule is CCc1nn(Cc2ccc(C[C@@H]3CN(C)[C@@H](CC(C)C)CO[C@H](C)CN(C)[C@@H](CC(C)C)CO[C@H](Cc4ccc(Cn5nc(CC)c(N)c5CC)cc4)CN(C)[C@@H](CC(C)C)CO[C@H](C)CN(C)[C@@H](CC(C)C)CO3)cc2)c(CC)c1N. The molecule has 82 heavy (non-hydrogen) atoms. The molecule has 4 aromatic rings. The number of anilines is 2. The predicted octanol–water partition coefficient (Wildman–Crippen LogP) is 11.4. The molecule has 0 unspecified atom stereocenters. The maximum atomic E-state index is 7.24. The molecular weight excluding hydrogens is 1020 g/mol. The number of ether oxygens (including phenoxy) is 4. The van der Waals surface area contributed by atoms with Crippen molar-refractivity contribution in [2.75, 3.05) is 92.3 Å². The van der Waals surface area contributed by atoms with Crippen LogP contribution >= 0.6 is 0 Å². The van der Waals surface area contributed by atoms with Gasteiger partial charge in [0.25, 0.3) is 0 Å². The quantitative estimate of drug-likeness (QED) is 0.0871. The number of hydrogen-bond acceptors (Lipinski definition) is 12. The van der Waals surface area contributed by atoms with Gasteiger partial charge in [0.2, 0.25) is 0 Å². The smallest absolute Gasteiger partial charge is 0.0854 e. The van der Waals surface area contributed by atoms with Crippen LogP contribution in [0.15, 0.2) is 48.5 Å². The van der Waals surface area contributed by atoms with Gasteiger partial charge in [-0.05, 0) is 152 Å². The van der Waals surface area contributed by atoms with E-state index in [1.807, 2.05) is 0 Å². The fraction of sp³-hybridized carbons (Fsp3) is 0.735. The van der Waals surface area contributed by atoms with Gasteiger partial charge in [-0.15, -0.1) is 0 Å². The van der Waals surface area contributed by atoms with Crippen molar-refractivity contribution in [1.29, 1.82) is 0 Å². The van der Waals surface area contributed by atoms with E-state index in [1.54, 1.807) is 0 Å². The molecule has 2 aromatic heterocycles.